The number of halogens is 2. The molecule has 0 saturated heterocycles. The Morgan fingerprint density at radius 2 is 2.13 bits per heavy atom. The minimum atomic E-state index is -0.643. The SMILES string of the molecule is C=CCC(=O)N[C@@H]1CCCc2c1cnn2-c1cc(F)cc(F)c1. The van der Waals surface area contributed by atoms with Crippen molar-refractivity contribution in [3.63, 3.8) is 0 Å². The van der Waals surface area contributed by atoms with Crippen molar-refractivity contribution in [2.24, 2.45) is 0 Å². The fourth-order valence-electron chi connectivity index (χ4n) is 2.98. The fraction of sp³-hybridized carbons (Fsp3) is 0.294. The highest BCUT2D eigenvalue weighted by Crippen LogP contribution is 2.31. The number of rotatable bonds is 4. The monoisotopic (exact) mass is 317 g/mol. The van der Waals surface area contributed by atoms with Crippen LogP contribution in [0.25, 0.3) is 5.69 Å². The summed E-state index contributed by atoms with van der Waals surface area (Å²) >= 11 is 0. The van der Waals surface area contributed by atoms with Crippen molar-refractivity contribution >= 4 is 5.91 Å². The first-order valence-electron chi connectivity index (χ1n) is 7.52. The van der Waals surface area contributed by atoms with E-state index in [0.717, 1.165) is 36.6 Å². The van der Waals surface area contributed by atoms with E-state index in [4.69, 9.17) is 0 Å². The molecular formula is C17H17F2N3O. The Morgan fingerprint density at radius 1 is 1.39 bits per heavy atom. The highest BCUT2D eigenvalue weighted by Gasteiger charge is 2.26. The molecule has 1 aliphatic carbocycles. The van der Waals surface area contributed by atoms with Crippen LogP contribution in [-0.4, -0.2) is 15.7 Å². The van der Waals surface area contributed by atoms with Gasteiger partial charge in [-0.1, -0.05) is 6.08 Å². The van der Waals surface area contributed by atoms with Gasteiger partial charge in [-0.25, -0.2) is 13.5 Å². The smallest absolute Gasteiger partial charge is 0.224 e. The predicted octanol–water partition coefficient (Wildman–Crippen LogP) is 3.22. The highest BCUT2D eigenvalue weighted by atomic mass is 19.1. The Labute approximate surface area is 132 Å². The molecule has 0 spiro atoms. The predicted molar refractivity (Wildman–Crippen MR) is 82.1 cm³/mol. The summed E-state index contributed by atoms with van der Waals surface area (Å²) in [7, 11) is 0. The Hall–Kier alpha value is -2.50. The second-order valence-electron chi connectivity index (χ2n) is 5.59. The second kappa shape index (κ2) is 6.32. The van der Waals surface area contributed by atoms with Crippen molar-refractivity contribution in [3.8, 4) is 5.69 Å². The average Bonchev–Trinajstić information content (AvgIpc) is 2.91. The zero-order valence-electron chi connectivity index (χ0n) is 12.6. The molecule has 0 fully saturated rings. The molecule has 0 radical (unpaired) electrons. The number of amides is 1. The number of carbonyl (C=O) groups excluding carboxylic acids is 1. The Kier molecular flexibility index (Phi) is 4.23. The third-order valence-corrected chi connectivity index (χ3v) is 3.94. The Morgan fingerprint density at radius 3 is 2.83 bits per heavy atom. The van der Waals surface area contributed by atoms with E-state index < -0.39 is 11.6 Å². The van der Waals surface area contributed by atoms with E-state index >= 15 is 0 Å². The number of nitrogens with one attached hydrogen (secondary N) is 1. The summed E-state index contributed by atoms with van der Waals surface area (Å²) in [6, 6.07) is 3.20. The number of fused-ring (bicyclic) bond motifs is 1. The molecule has 23 heavy (non-hydrogen) atoms. The minimum Gasteiger partial charge on any atom is -0.349 e. The molecule has 2 aromatic rings. The molecule has 1 aromatic heterocycles. The topological polar surface area (TPSA) is 46.9 Å². The van der Waals surface area contributed by atoms with Gasteiger partial charge in [-0.15, -0.1) is 6.58 Å². The molecule has 6 heteroatoms. The normalized spacial score (nSPS) is 16.7. The third kappa shape index (κ3) is 3.16. The van der Waals surface area contributed by atoms with Gasteiger partial charge in [0.05, 0.1) is 17.9 Å². The first kappa shape index (κ1) is 15.4. The lowest BCUT2D eigenvalue weighted by molar-refractivity contribution is -0.121. The zero-order valence-corrected chi connectivity index (χ0v) is 12.6. The van der Waals surface area contributed by atoms with Crippen LogP contribution < -0.4 is 5.32 Å². The van der Waals surface area contributed by atoms with Crippen LogP contribution in [0, 0.1) is 11.6 Å². The number of benzene rings is 1. The fourth-order valence-corrected chi connectivity index (χ4v) is 2.98. The van der Waals surface area contributed by atoms with Crippen LogP contribution in [0.2, 0.25) is 0 Å². The summed E-state index contributed by atoms with van der Waals surface area (Å²) in [6.07, 6.45) is 5.92. The van der Waals surface area contributed by atoms with Crippen LogP contribution in [0.3, 0.4) is 0 Å². The molecule has 0 bridgehead atoms. The van der Waals surface area contributed by atoms with Gasteiger partial charge in [-0.2, -0.15) is 5.10 Å². The van der Waals surface area contributed by atoms with Gasteiger partial charge in [0.1, 0.15) is 11.6 Å². The van der Waals surface area contributed by atoms with Gasteiger partial charge < -0.3 is 5.32 Å². The summed E-state index contributed by atoms with van der Waals surface area (Å²) < 4.78 is 28.4. The molecule has 1 amide bonds. The van der Waals surface area contributed by atoms with Gasteiger partial charge in [0.25, 0.3) is 0 Å². The van der Waals surface area contributed by atoms with Gasteiger partial charge in [0.15, 0.2) is 0 Å². The molecule has 0 saturated carbocycles. The van der Waals surface area contributed by atoms with Gasteiger partial charge in [0.2, 0.25) is 5.91 Å². The van der Waals surface area contributed by atoms with Crippen LogP contribution >= 0.6 is 0 Å². The summed E-state index contributed by atoms with van der Waals surface area (Å²) in [5, 5.41) is 7.22. The van der Waals surface area contributed by atoms with E-state index in [2.05, 4.69) is 17.0 Å². The molecule has 0 aliphatic heterocycles. The van der Waals surface area contributed by atoms with Crippen molar-refractivity contribution < 1.29 is 13.6 Å². The summed E-state index contributed by atoms with van der Waals surface area (Å²) in [4.78, 5) is 11.8. The van der Waals surface area contributed by atoms with Crippen LogP contribution in [0.4, 0.5) is 8.78 Å². The number of hydrogen-bond acceptors (Lipinski definition) is 2. The summed E-state index contributed by atoms with van der Waals surface area (Å²) in [6.45, 7) is 3.55. The van der Waals surface area contributed by atoms with Crippen molar-refractivity contribution in [3.05, 3.63) is 59.9 Å². The standard InChI is InChI=1S/C17H17F2N3O/c1-2-4-17(23)21-15-5-3-6-16-14(15)10-20-22(16)13-8-11(18)7-12(19)9-13/h2,7-10,15H,1,3-6H2,(H,21,23)/t15-/m1/s1. The van der Waals surface area contributed by atoms with Gasteiger partial charge in [-0.05, 0) is 31.4 Å². The van der Waals surface area contributed by atoms with Crippen LogP contribution in [0.15, 0.2) is 37.1 Å². The quantitative estimate of drug-likeness (QED) is 0.880. The number of hydrogen-bond donors (Lipinski definition) is 1. The van der Waals surface area contributed by atoms with E-state index in [1.54, 1.807) is 17.0 Å². The first-order valence-corrected chi connectivity index (χ1v) is 7.52. The van der Waals surface area contributed by atoms with E-state index in [1.807, 2.05) is 0 Å². The maximum absolute atomic E-state index is 13.4. The van der Waals surface area contributed by atoms with Crippen LogP contribution in [-0.2, 0) is 11.2 Å². The molecule has 1 atom stereocenters. The molecule has 3 rings (SSSR count). The average molecular weight is 317 g/mol. The maximum atomic E-state index is 13.4. The lowest BCUT2D eigenvalue weighted by atomic mass is 9.92. The van der Waals surface area contributed by atoms with Gasteiger partial charge >= 0.3 is 0 Å². The lowest BCUT2D eigenvalue weighted by Gasteiger charge is -2.24. The molecule has 1 aromatic carbocycles. The van der Waals surface area contributed by atoms with E-state index in [9.17, 15) is 13.6 Å². The third-order valence-electron chi connectivity index (χ3n) is 3.94. The molecule has 1 heterocycles. The molecule has 1 aliphatic rings. The zero-order chi connectivity index (χ0) is 16.4. The van der Waals surface area contributed by atoms with E-state index in [1.165, 1.54) is 12.1 Å². The van der Waals surface area contributed by atoms with Gasteiger partial charge in [-0.3, -0.25) is 4.79 Å². The largest absolute Gasteiger partial charge is 0.349 e. The van der Waals surface area contributed by atoms with Crippen molar-refractivity contribution in [1.82, 2.24) is 15.1 Å². The first-order chi connectivity index (χ1) is 11.1. The molecule has 120 valence electrons. The van der Waals surface area contributed by atoms with Crippen molar-refractivity contribution in [2.75, 3.05) is 0 Å². The number of aromatic nitrogens is 2. The molecule has 0 unspecified atom stereocenters. The summed E-state index contributed by atoms with van der Waals surface area (Å²) in [5.41, 5.74) is 2.13. The molecular weight excluding hydrogens is 300 g/mol. The minimum absolute atomic E-state index is 0.0950. The van der Waals surface area contributed by atoms with Crippen LogP contribution in [0.1, 0.15) is 36.6 Å². The lowest BCUT2D eigenvalue weighted by Crippen LogP contribution is -2.30. The second-order valence-corrected chi connectivity index (χ2v) is 5.59. The number of carbonyl (C=O) groups is 1. The van der Waals surface area contributed by atoms with E-state index in [0.29, 0.717) is 5.69 Å². The van der Waals surface area contributed by atoms with Crippen molar-refractivity contribution in [1.29, 1.82) is 0 Å². The molecule has 4 nitrogen and oxygen atoms in total. The van der Waals surface area contributed by atoms with E-state index in [-0.39, 0.29) is 18.4 Å². The highest BCUT2D eigenvalue weighted by molar-refractivity contribution is 5.77. The van der Waals surface area contributed by atoms with Gasteiger partial charge in [0, 0.05) is 23.7 Å². The molecule has 1 N–H and O–H groups in total. The van der Waals surface area contributed by atoms with Crippen LogP contribution in [0.5, 0.6) is 0 Å². The summed E-state index contributed by atoms with van der Waals surface area (Å²) in [5.74, 6) is -1.38. The Bertz CT molecular complexity index is 734. The number of nitrogens with zero attached hydrogens (tertiary/aromatic N) is 2. The Balaban J connectivity index is 1.93. The van der Waals surface area contributed by atoms with Crippen molar-refractivity contribution in [2.45, 2.75) is 31.7 Å². The maximum Gasteiger partial charge on any atom is 0.224 e.